The van der Waals surface area contributed by atoms with E-state index in [-0.39, 0.29) is 6.04 Å². The molecule has 1 heterocycles. The number of nitrogens with one attached hydrogen (secondary N) is 1. The number of carbonyl (C=O) groups is 1. The van der Waals surface area contributed by atoms with E-state index in [2.05, 4.69) is 22.3 Å². The molecule has 4 nitrogen and oxygen atoms in total. The van der Waals surface area contributed by atoms with Crippen molar-refractivity contribution in [2.75, 3.05) is 25.0 Å². The van der Waals surface area contributed by atoms with Crippen molar-refractivity contribution in [2.45, 2.75) is 45.2 Å². The molecule has 0 atom stereocenters. The van der Waals surface area contributed by atoms with Crippen molar-refractivity contribution in [3.63, 3.8) is 0 Å². The summed E-state index contributed by atoms with van der Waals surface area (Å²) in [4.78, 5) is 16.9. The van der Waals surface area contributed by atoms with Gasteiger partial charge < -0.3 is 10.2 Å². The molecule has 0 bridgehead atoms. The molecule has 0 aliphatic carbocycles. The molecule has 2 aromatic carbocycles. The molecule has 1 saturated heterocycles. The average molecular weight is 419 g/mol. The maximum Gasteiger partial charge on any atom is 0.322 e. The van der Waals surface area contributed by atoms with Crippen LogP contribution in [0.25, 0.3) is 0 Å². The molecule has 0 radical (unpaired) electrons. The predicted octanol–water partition coefficient (Wildman–Crippen LogP) is 5.40. The minimum Gasteiger partial charge on any atom is -0.321 e. The molecule has 7 heteroatoms. The fourth-order valence-electron chi connectivity index (χ4n) is 3.85. The minimum absolute atomic E-state index is 0.00450. The zero-order chi connectivity index (χ0) is 21.5. The van der Waals surface area contributed by atoms with Gasteiger partial charge in [-0.2, -0.15) is 0 Å². The quantitative estimate of drug-likeness (QED) is 0.652. The number of hydrogen-bond donors (Lipinski definition) is 1. The van der Waals surface area contributed by atoms with E-state index in [0.29, 0.717) is 18.7 Å². The molecule has 0 saturated carbocycles. The number of likely N-dealkylation sites (tertiary alicyclic amines) is 1. The Hall–Kier alpha value is -2.54. The Morgan fingerprint density at radius 3 is 2.33 bits per heavy atom. The first-order valence-corrected chi connectivity index (χ1v) is 10.5. The van der Waals surface area contributed by atoms with Crippen LogP contribution < -0.4 is 5.32 Å². The highest BCUT2D eigenvalue weighted by atomic mass is 19.1. The topological polar surface area (TPSA) is 35.6 Å². The van der Waals surface area contributed by atoms with Crippen LogP contribution >= 0.6 is 0 Å². The van der Waals surface area contributed by atoms with Crippen molar-refractivity contribution < 1.29 is 18.0 Å². The molecule has 3 rings (SSSR count). The van der Waals surface area contributed by atoms with E-state index in [1.54, 1.807) is 4.90 Å². The first-order valence-electron chi connectivity index (χ1n) is 10.5. The number of hydrogen-bond acceptors (Lipinski definition) is 2. The standard InChI is InChI=1S/C23H28F3N3O/c1-2-3-11-29(23(30)27-22-20(25)14-18(24)15-21(22)26)19-9-12-28(13-10-19)16-17-7-5-4-6-8-17/h4-8,14-15,19H,2-3,9-13,16H2,1H3,(H,27,30). The molecule has 0 unspecified atom stereocenters. The van der Waals surface area contributed by atoms with Gasteiger partial charge in [0.15, 0.2) is 11.6 Å². The largest absolute Gasteiger partial charge is 0.322 e. The van der Waals surface area contributed by atoms with Gasteiger partial charge in [0.2, 0.25) is 0 Å². The zero-order valence-electron chi connectivity index (χ0n) is 17.2. The highest BCUT2D eigenvalue weighted by Crippen LogP contribution is 2.23. The van der Waals surface area contributed by atoms with Gasteiger partial charge in [0, 0.05) is 44.4 Å². The summed E-state index contributed by atoms with van der Waals surface area (Å²) in [6.45, 7) is 5.08. The second-order valence-corrected chi connectivity index (χ2v) is 7.71. The molecule has 30 heavy (non-hydrogen) atoms. The number of nitrogens with zero attached hydrogens (tertiary/aromatic N) is 2. The predicted molar refractivity (Wildman–Crippen MR) is 112 cm³/mol. The maximum atomic E-state index is 14.0. The summed E-state index contributed by atoms with van der Waals surface area (Å²) < 4.78 is 41.1. The summed E-state index contributed by atoms with van der Waals surface area (Å²) >= 11 is 0. The van der Waals surface area contributed by atoms with E-state index in [1.165, 1.54) is 5.56 Å². The first kappa shape index (κ1) is 22.2. The number of halogens is 3. The second kappa shape index (κ2) is 10.5. The number of carbonyl (C=O) groups excluding carboxylic acids is 1. The molecule has 162 valence electrons. The lowest BCUT2D eigenvalue weighted by atomic mass is 10.0. The van der Waals surface area contributed by atoms with Crippen molar-refractivity contribution in [1.29, 1.82) is 0 Å². The van der Waals surface area contributed by atoms with Gasteiger partial charge in [-0.05, 0) is 24.8 Å². The number of piperidine rings is 1. The van der Waals surface area contributed by atoms with E-state index in [0.717, 1.165) is 45.3 Å². The SMILES string of the molecule is CCCCN(C(=O)Nc1c(F)cc(F)cc1F)C1CCN(Cc2ccccc2)CC1. The molecular formula is C23H28F3N3O. The fourth-order valence-corrected chi connectivity index (χ4v) is 3.85. The Balaban J connectivity index is 1.63. The van der Waals surface area contributed by atoms with Crippen LogP contribution in [0, 0.1) is 17.5 Å². The number of benzene rings is 2. The van der Waals surface area contributed by atoms with Crippen molar-refractivity contribution in [3.05, 3.63) is 65.5 Å². The number of unbranched alkanes of at least 4 members (excludes halogenated alkanes) is 1. The van der Waals surface area contributed by atoms with E-state index in [4.69, 9.17) is 0 Å². The lowest BCUT2D eigenvalue weighted by Gasteiger charge is -2.38. The van der Waals surface area contributed by atoms with Crippen LogP contribution in [0.4, 0.5) is 23.7 Å². The normalized spacial score (nSPS) is 15.2. The minimum atomic E-state index is -1.12. The fraction of sp³-hybridized carbons (Fsp3) is 0.435. The Labute approximate surface area is 175 Å². The molecule has 2 aromatic rings. The molecule has 1 N–H and O–H groups in total. The smallest absolute Gasteiger partial charge is 0.321 e. The van der Waals surface area contributed by atoms with Gasteiger partial charge in [0.25, 0.3) is 0 Å². The Kier molecular flexibility index (Phi) is 7.74. The van der Waals surface area contributed by atoms with Gasteiger partial charge in [-0.3, -0.25) is 4.90 Å². The Bertz CT molecular complexity index is 816. The average Bonchev–Trinajstić information content (AvgIpc) is 2.73. The lowest BCUT2D eigenvalue weighted by molar-refractivity contribution is 0.122. The van der Waals surface area contributed by atoms with Crippen molar-refractivity contribution >= 4 is 11.7 Å². The Morgan fingerprint density at radius 2 is 1.73 bits per heavy atom. The van der Waals surface area contributed by atoms with Crippen LogP contribution in [0.5, 0.6) is 0 Å². The number of amides is 2. The van der Waals surface area contributed by atoms with Gasteiger partial charge in [-0.1, -0.05) is 43.7 Å². The van der Waals surface area contributed by atoms with Crippen molar-refractivity contribution in [3.8, 4) is 0 Å². The summed E-state index contributed by atoms with van der Waals surface area (Å²) in [5.74, 6) is -3.25. The van der Waals surface area contributed by atoms with Crippen LogP contribution in [-0.4, -0.2) is 41.5 Å². The first-order chi connectivity index (χ1) is 14.5. The maximum absolute atomic E-state index is 14.0. The summed E-state index contributed by atoms with van der Waals surface area (Å²) in [6.07, 6.45) is 3.28. The van der Waals surface area contributed by atoms with Crippen molar-refractivity contribution in [2.24, 2.45) is 0 Å². The van der Waals surface area contributed by atoms with E-state index in [9.17, 15) is 18.0 Å². The van der Waals surface area contributed by atoms with Crippen LogP contribution in [0.2, 0.25) is 0 Å². The van der Waals surface area contributed by atoms with Gasteiger partial charge >= 0.3 is 6.03 Å². The third kappa shape index (κ3) is 5.75. The molecule has 1 aliphatic rings. The van der Waals surface area contributed by atoms with Crippen LogP contribution in [-0.2, 0) is 6.54 Å². The summed E-state index contributed by atoms with van der Waals surface area (Å²) in [5, 5.41) is 2.32. The summed E-state index contributed by atoms with van der Waals surface area (Å²) in [5.41, 5.74) is 0.642. The highest BCUT2D eigenvalue weighted by Gasteiger charge is 2.28. The summed E-state index contributed by atoms with van der Waals surface area (Å²) in [7, 11) is 0. The number of rotatable bonds is 7. The van der Waals surface area contributed by atoms with Gasteiger partial charge in [0.1, 0.15) is 11.5 Å². The second-order valence-electron chi connectivity index (χ2n) is 7.71. The zero-order valence-corrected chi connectivity index (χ0v) is 17.2. The molecule has 1 fully saturated rings. The van der Waals surface area contributed by atoms with E-state index >= 15 is 0 Å². The van der Waals surface area contributed by atoms with Gasteiger partial charge in [-0.25, -0.2) is 18.0 Å². The van der Waals surface area contributed by atoms with E-state index < -0.39 is 29.2 Å². The van der Waals surface area contributed by atoms with Crippen LogP contribution in [0.15, 0.2) is 42.5 Å². The third-order valence-electron chi connectivity index (χ3n) is 5.50. The van der Waals surface area contributed by atoms with Crippen molar-refractivity contribution in [1.82, 2.24) is 9.80 Å². The third-order valence-corrected chi connectivity index (χ3v) is 5.50. The van der Waals surface area contributed by atoms with Crippen LogP contribution in [0.1, 0.15) is 38.2 Å². The lowest BCUT2D eigenvalue weighted by Crippen LogP contribution is -2.49. The molecule has 2 amide bonds. The molecule has 1 aliphatic heterocycles. The van der Waals surface area contributed by atoms with E-state index in [1.807, 2.05) is 25.1 Å². The van der Waals surface area contributed by atoms with Crippen LogP contribution in [0.3, 0.4) is 0 Å². The number of anilines is 1. The monoisotopic (exact) mass is 419 g/mol. The Morgan fingerprint density at radius 1 is 1.10 bits per heavy atom. The summed E-state index contributed by atoms with van der Waals surface area (Å²) in [6, 6.07) is 10.8. The number of urea groups is 1. The highest BCUT2D eigenvalue weighted by molar-refractivity contribution is 5.89. The molecule has 0 aromatic heterocycles. The van der Waals surface area contributed by atoms with Gasteiger partial charge in [0.05, 0.1) is 0 Å². The molecular weight excluding hydrogens is 391 g/mol. The van der Waals surface area contributed by atoms with Gasteiger partial charge in [-0.15, -0.1) is 0 Å². The molecule has 0 spiro atoms.